The Morgan fingerprint density at radius 3 is 2.67 bits per heavy atom. The number of rotatable bonds is 3. The van der Waals surface area contributed by atoms with E-state index < -0.39 is 0 Å². The van der Waals surface area contributed by atoms with Crippen LogP contribution in [0.15, 0.2) is 28.7 Å². The van der Waals surface area contributed by atoms with Crippen molar-refractivity contribution < 1.29 is 4.79 Å². The second-order valence-electron chi connectivity index (χ2n) is 7.31. The summed E-state index contributed by atoms with van der Waals surface area (Å²) in [6.45, 7) is 3.78. The van der Waals surface area contributed by atoms with Crippen LogP contribution in [-0.2, 0) is 10.2 Å². The van der Waals surface area contributed by atoms with Gasteiger partial charge < -0.3 is 10.6 Å². The fourth-order valence-electron chi connectivity index (χ4n) is 4.32. The predicted molar refractivity (Wildman–Crippen MR) is 104 cm³/mol. The van der Waals surface area contributed by atoms with Gasteiger partial charge in [0.2, 0.25) is 5.91 Å². The number of nitrogens with two attached hydrogens (primary N) is 1. The maximum Gasteiger partial charge on any atom is 0.233 e. The van der Waals surface area contributed by atoms with Crippen LogP contribution < -0.4 is 5.73 Å². The minimum Gasteiger partial charge on any atom is -0.342 e. The molecule has 1 aromatic carbocycles. The highest BCUT2D eigenvalue weighted by Gasteiger charge is 2.45. The van der Waals surface area contributed by atoms with Crippen LogP contribution in [-0.4, -0.2) is 29.9 Å². The van der Waals surface area contributed by atoms with Gasteiger partial charge in [-0.25, -0.2) is 0 Å². The zero-order valence-corrected chi connectivity index (χ0v) is 16.7. The molecule has 2 fully saturated rings. The summed E-state index contributed by atoms with van der Waals surface area (Å²) in [4.78, 5) is 15.6. The molecule has 0 bridgehead atoms. The number of hydrogen-bond donors (Lipinski definition) is 1. The Morgan fingerprint density at radius 2 is 2.04 bits per heavy atom. The van der Waals surface area contributed by atoms with E-state index in [1.54, 1.807) is 0 Å². The molecular weight excluding hydrogens is 388 g/mol. The normalized spacial score (nSPS) is 24.3. The molecule has 2 N–H and O–H groups in total. The van der Waals surface area contributed by atoms with Crippen LogP contribution in [0.5, 0.6) is 0 Å². The third kappa shape index (κ3) is 3.81. The molecule has 134 valence electrons. The molecule has 1 aliphatic carbocycles. The van der Waals surface area contributed by atoms with Gasteiger partial charge in [0.05, 0.1) is 5.41 Å². The van der Waals surface area contributed by atoms with Crippen LogP contribution in [0.4, 0.5) is 0 Å². The molecule has 0 aromatic heterocycles. The van der Waals surface area contributed by atoms with E-state index in [1.165, 1.54) is 5.56 Å². The van der Waals surface area contributed by atoms with Crippen LogP contribution in [0, 0.1) is 5.92 Å². The second kappa shape index (κ2) is 8.20. The smallest absolute Gasteiger partial charge is 0.233 e. The Hall–Kier alpha value is -0.580. The van der Waals surface area contributed by atoms with Gasteiger partial charge >= 0.3 is 0 Å². The first kappa shape index (κ1) is 19.7. The molecule has 3 nitrogen and oxygen atoms in total. The van der Waals surface area contributed by atoms with Gasteiger partial charge in [-0.05, 0) is 56.2 Å². The minimum absolute atomic E-state index is 0. The zero-order chi connectivity index (χ0) is 16.4. The fraction of sp³-hybridized carbons (Fsp3) is 0.632. The topological polar surface area (TPSA) is 46.3 Å². The van der Waals surface area contributed by atoms with E-state index in [0.717, 1.165) is 56.1 Å². The molecule has 5 heteroatoms. The summed E-state index contributed by atoms with van der Waals surface area (Å²) in [5.74, 6) is 0.770. The van der Waals surface area contributed by atoms with Crippen molar-refractivity contribution in [2.24, 2.45) is 11.7 Å². The molecule has 1 aliphatic heterocycles. The highest BCUT2D eigenvalue weighted by atomic mass is 79.9. The lowest BCUT2D eigenvalue weighted by atomic mass is 9.76. The molecule has 1 saturated heterocycles. The third-order valence-corrected chi connectivity index (χ3v) is 6.23. The van der Waals surface area contributed by atoms with E-state index in [4.69, 9.17) is 5.73 Å². The Bertz CT molecular complexity index is 572. The lowest BCUT2D eigenvalue weighted by Gasteiger charge is -2.40. The van der Waals surface area contributed by atoms with Gasteiger partial charge in [0.15, 0.2) is 0 Å². The first-order valence-electron chi connectivity index (χ1n) is 8.84. The summed E-state index contributed by atoms with van der Waals surface area (Å²) in [7, 11) is 0. The van der Waals surface area contributed by atoms with Crippen LogP contribution in [0.2, 0.25) is 0 Å². The highest BCUT2D eigenvalue weighted by Crippen LogP contribution is 2.43. The Balaban J connectivity index is 0.00000208. The molecule has 1 aromatic rings. The molecule has 3 rings (SSSR count). The van der Waals surface area contributed by atoms with Gasteiger partial charge in [-0.2, -0.15) is 0 Å². The number of carbonyl (C=O) groups excluding carboxylic acids is 1. The van der Waals surface area contributed by atoms with Crippen molar-refractivity contribution in [2.45, 2.75) is 56.9 Å². The van der Waals surface area contributed by atoms with Crippen LogP contribution in [0.3, 0.4) is 0 Å². The monoisotopic (exact) mass is 414 g/mol. The molecule has 24 heavy (non-hydrogen) atoms. The van der Waals surface area contributed by atoms with E-state index in [9.17, 15) is 4.79 Å². The zero-order valence-electron chi connectivity index (χ0n) is 14.3. The van der Waals surface area contributed by atoms with Crippen molar-refractivity contribution in [2.75, 3.05) is 13.1 Å². The average molecular weight is 416 g/mol. The van der Waals surface area contributed by atoms with Crippen molar-refractivity contribution in [3.8, 4) is 0 Å². The molecule has 2 aliphatic rings. The number of benzene rings is 1. The van der Waals surface area contributed by atoms with E-state index in [1.807, 2.05) is 12.1 Å². The van der Waals surface area contributed by atoms with Gasteiger partial charge in [-0.3, -0.25) is 4.79 Å². The highest BCUT2D eigenvalue weighted by molar-refractivity contribution is 9.10. The van der Waals surface area contributed by atoms with E-state index >= 15 is 0 Å². The largest absolute Gasteiger partial charge is 0.342 e. The number of hydrogen-bond acceptors (Lipinski definition) is 2. The summed E-state index contributed by atoms with van der Waals surface area (Å²) >= 11 is 3.57. The summed E-state index contributed by atoms with van der Waals surface area (Å²) in [5.41, 5.74) is 6.96. The summed E-state index contributed by atoms with van der Waals surface area (Å²) < 4.78 is 1.06. The first-order chi connectivity index (χ1) is 11.0. The average Bonchev–Trinajstić information content (AvgIpc) is 3.05. The molecule has 1 amide bonds. The van der Waals surface area contributed by atoms with Crippen molar-refractivity contribution >= 4 is 34.2 Å². The Morgan fingerprint density at radius 1 is 1.33 bits per heavy atom. The quantitative estimate of drug-likeness (QED) is 0.801. The summed E-state index contributed by atoms with van der Waals surface area (Å²) in [6.07, 6.45) is 6.45. The summed E-state index contributed by atoms with van der Waals surface area (Å²) in [6, 6.07) is 8.50. The lowest BCUT2D eigenvalue weighted by Crippen LogP contribution is -2.51. The number of carbonyl (C=O) groups is 1. The molecule has 1 saturated carbocycles. The number of likely N-dealkylation sites (tertiary alicyclic amines) is 1. The van der Waals surface area contributed by atoms with E-state index in [2.05, 4.69) is 39.9 Å². The van der Waals surface area contributed by atoms with Crippen molar-refractivity contribution in [3.05, 3.63) is 34.3 Å². The van der Waals surface area contributed by atoms with Crippen molar-refractivity contribution in [1.82, 2.24) is 4.90 Å². The van der Waals surface area contributed by atoms with Gasteiger partial charge in [-0.15, -0.1) is 12.4 Å². The number of nitrogens with zero attached hydrogens (tertiary/aromatic N) is 1. The van der Waals surface area contributed by atoms with Crippen LogP contribution in [0.1, 0.15) is 51.0 Å². The Labute approximate surface area is 159 Å². The number of halogens is 2. The Kier molecular flexibility index (Phi) is 6.74. The van der Waals surface area contributed by atoms with Crippen molar-refractivity contribution in [1.29, 1.82) is 0 Å². The molecule has 1 heterocycles. The number of piperidine rings is 1. The van der Waals surface area contributed by atoms with Crippen LogP contribution >= 0.6 is 28.3 Å². The van der Waals surface area contributed by atoms with Gasteiger partial charge in [0.25, 0.3) is 0 Å². The summed E-state index contributed by atoms with van der Waals surface area (Å²) in [5, 5.41) is 0. The van der Waals surface area contributed by atoms with Gasteiger partial charge in [0.1, 0.15) is 0 Å². The maximum absolute atomic E-state index is 13.5. The third-order valence-electron chi connectivity index (χ3n) is 5.73. The molecular formula is C19H28BrClN2O. The first-order valence-corrected chi connectivity index (χ1v) is 9.63. The molecule has 2 atom stereocenters. The molecule has 2 unspecified atom stereocenters. The minimum atomic E-state index is -0.316. The van der Waals surface area contributed by atoms with Crippen LogP contribution in [0.25, 0.3) is 0 Å². The predicted octanol–water partition coefficient (Wildman–Crippen LogP) is 4.27. The van der Waals surface area contributed by atoms with E-state index in [-0.39, 0.29) is 23.9 Å². The SMILES string of the molecule is CC(N)C1CCCN(C(=O)C2(c3cccc(Br)c3)CCCC2)C1.Cl. The fourth-order valence-corrected chi connectivity index (χ4v) is 4.72. The maximum atomic E-state index is 13.5. The molecule has 0 radical (unpaired) electrons. The van der Waals surface area contributed by atoms with Crippen molar-refractivity contribution in [3.63, 3.8) is 0 Å². The van der Waals surface area contributed by atoms with E-state index in [0.29, 0.717) is 11.8 Å². The molecule has 0 spiro atoms. The lowest BCUT2D eigenvalue weighted by molar-refractivity contribution is -0.139. The second-order valence-corrected chi connectivity index (χ2v) is 8.23. The standard InChI is InChI=1S/C19H27BrN2O.ClH/c1-14(21)15-6-5-11-22(13-15)18(23)19(9-2-3-10-19)16-7-4-8-17(20)12-16;/h4,7-8,12,14-15H,2-3,5-6,9-11,13,21H2,1H3;1H. The number of amides is 1. The van der Waals surface area contributed by atoms with Gasteiger partial charge in [0, 0.05) is 23.6 Å². The van der Waals surface area contributed by atoms with Gasteiger partial charge in [-0.1, -0.05) is 40.9 Å².